The van der Waals surface area contributed by atoms with Gasteiger partial charge < -0.3 is 10.5 Å². The molecule has 0 saturated heterocycles. The number of hydrogen-bond acceptors (Lipinski definition) is 5. The van der Waals surface area contributed by atoms with Crippen LogP contribution in [0.25, 0.3) is 27.7 Å². The highest BCUT2D eigenvalue weighted by atomic mass is 35.5. The molecule has 4 rings (SSSR count). The molecule has 162 valence electrons. The Bertz CT molecular complexity index is 1390. The Labute approximate surface area is 191 Å². The van der Waals surface area contributed by atoms with E-state index in [9.17, 15) is 4.79 Å². The van der Waals surface area contributed by atoms with E-state index in [4.69, 9.17) is 22.1 Å². The standard InChI is InChI=1S/C25H23ClN4O2/c1-4-32-22-12-7-17-14-30(19-10-11-21(27)20(13-19)15(2)28-3)25(31)23(24(17)29-22)16-5-8-18(26)9-6-16/h5-14H,4,27H2,1-3H3. The summed E-state index contributed by atoms with van der Waals surface area (Å²) in [6.45, 7) is 4.26. The van der Waals surface area contributed by atoms with E-state index in [2.05, 4.69) is 9.98 Å². The largest absolute Gasteiger partial charge is 0.478 e. The van der Waals surface area contributed by atoms with E-state index in [1.54, 1.807) is 42.1 Å². The van der Waals surface area contributed by atoms with Crippen LogP contribution in [0.15, 0.2) is 70.6 Å². The zero-order valence-electron chi connectivity index (χ0n) is 18.1. The predicted octanol–water partition coefficient (Wildman–Crippen LogP) is 5.13. The van der Waals surface area contributed by atoms with Crippen LogP contribution in [0.4, 0.5) is 5.69 Å². The van der Waals surface area contributed by atoms with E-state index in [1.807, 2.05) is 44.2 Å². The van der Waals surface area contributed by atoms with E-state index in [0.717, 1.165) is 22.2 Å². The number of nitrogens with two attached hydrogens (primary N) is 1. The van der Waals surface area contributed by atoms with Gasteiger partial charge in [0.2, 0.25) is 5.88 Å². The molecule has 0 bridgehead atoms. The van der Waals surface area contributed by atoms with Crippen LogP contribution >= 0.6 is 11.6 Å². The number of nitrogen functional groups attached to an aromatic ring is 1. The number of benzene rings is 2. The summed E-state index contributed by atoms with van der Waals surface area (Å²) in [6, 6.07) is 16.3. The summed E-state index contributed by atoms with van der Waals surface area (Å²) in [4.78, 5) is 22.6. The molecule has 0 amide bonds. The van der Waals surface area contributed by atoms with Crippen molar-refractivity contribution in [3.05, 3.63) is 81.7 Å². The van der Waals surface area contributed by atoms with Crippen LogP contribution in [-0.4, -0.2) is 28.9 Å². The molecule has 2 heterocycles. The molecule has 0 aliphatic heterocycles. The van der Waals surface area contributed by atoms with Crippen molar-refractivity contribution in [1.82, 2.24) is 9.55 Å². The highest BCUT2D eigenvalue weighted by Gasteiger charge is 2.16. The first-order chi connectivity index (χ1) is 15.4. The van der Waals surface area contributed by atoms with Gasteiger partial charge >= 0.3 is 0 Å². The Morgan fingerprint density at radius 1 is 1.16 bits per heavy atom. The second-order valence-corrected chi connectivity index (χ2v) is 7.72. The molecule has 0 fully saturated rings. The number of hydrogen-bond donors (Lipinski definition) is 1. The third-order valence-electron chi connectivity index (χ3n) is 5.30. The number of halogens is 1. The SMILES string of the molecule is CCOc1ccc2cn(-c3ccc(N)c(C(C)=NC)c3)c(=O)c(-c3ccc(Cl)cc3)c2n1. The van der Waals surface area contributed by atoms with Crippen molar-refractivity contribution in [2.45, 2.75) is 13.8 Å². The van der Waals surface area contributed by atoms with E-state index in [1.165, 1.54) is 0 Å². The van der Waals surface area contributed by atoms with Gasteiger partial charge in [0.15, 0.2) is 0 Å². The van der Waals surface area contributed by atoms with Gasteiger partial charge in [-0.2, -0.15) is 0 Å². The number of rotatable bonds is 5. The maximum atomic E-state index is 13.8. The third-order valence-corrected chi connectivity index (χ3v) is 5.56. The molecule has 2 N–H and O–H groups in total. The van der Waals surface area contributed by atoms with Crippen molar-refractivity contribution >= 4 is 33.9 Å². The minimum absolute atomic E-state index is 0.206. The quantitative estimate of drug-likeness (QED) is 0.340. The van der Waals surface area contributed by atoms with Gasteiger partial charge in [-0.15, -0.1) is 0 Å². The summed E-state index contributed by atoms with van der Waals surface area (Å²) < 4.78 is 7.19. The average molecular weight is 447 g/mol. The van der Waals surface area contributed by atoms with E-state index >= 15 is 0 Å². The lowest BCUT2D eigenvalue weighted by Crippen LogP contribution is -2.21. The number of aliphatic imine (C=N–C) groups is 1. The Hall–Kier alpha value is -3.64. The van der Waals surface area contributed by atoms with Crippen LogP contribution in [0.5, 0.6) is 5.88 Å². The van der Waals surface area contributed by atoms with Gasteiger partial charge in [-0.05, 0) is 55.8 Å². The van der Waals surface area contributed by atoms with Gasteiger partial charge in [-0.3, -0.25) is 14.4 Å². The molecule has 2 aromatic heterocycles. The number of aromatic nitrogens is 2. The fraction of sp³-hybridized carbons (Fsp3) is 0.160. The maximum Gasteiger partial charge on any atom is 0.265 e. The van der Waals surface area contributed by atoms with Crippen molar-refractivity contribution in [1.29, 1.82) is 0 Å². The van der Waals surface area contributed by atoms with Crippen molar-refractivity contribution < 1.29 is 4.74 Å². The highest BCUT2D eigenvalue weighted by Crippen LogP contribution is 2.28. The van der Waals surface area contributed by atoms with Crippen molar-refractivity contribution in [2.75, 3.05) is 19.4 Å². The summed E-state index contributed by atoms with van der Waals surface area (Å²) >= 11 is 6.08. The van der Waals surface area contributed by atoms with Crippen molar-refractivity contribution in [3.8, 4) is 22.7 Å². The lowest BCUT2D eigenvalue weighted by molar-refractivity contribution is 0.328. The monoisotopic (exact) mass is 446 g/mol. The number of nitrogens with zero attached hydrogens (tertiary/aromatic N) is 3. The molecular formula is C25H23ClN4O2. The van der Waals surface area contributed by atoms with Crippen LogP contribution < -0.4 is 16.0 Å². The minimum Gasteiger partial charge on any atom is -0.478 e. The highest BCUT2D eigenvalue weighted by molar-refractivity contribution is 6.30. The molecular weight excluding hydrogens is 424 g/mol. The first-order valence-corrected chi connectivity index (χ1v) is 10.6. The van der Waals surface area contributed by atoms with Gasteiger partial charge in [0.1, 0.15) is 0 Å². The first-order valence-electron chi connectivity index (χ1n) is 10.2. The molecule has 0 aliphatic carbocycles. The minimum atomic E-state index is -0.206. The third kappa shape index (κ3) is 3.97. The second kappa shape index (κ2) is 8.85. The number of pyridine rings is 2. The number of ether oxygens (including phenoxy) is 1. The maximum absolute atomic E-state index is 13.8. The van der Waals surface area contributed by atoms with Gasteiger partial charge in [0.25, 0.3) is 5.56 Å². The van der Waals surface area contributed by atoms with Gasteiger partial charge in [-0.1, -0.05) is 23.7 Å². The molecule has 6 nitrogen and oxygen atoms in total. The lowest BCUT2D eigenvalue weighted by Gasteiger charge is -2.15. The average Bonchev–Trinajstić information content (AvgIpc) is 2.80. The molecule has 0 unspecified atom stereocenters. The summed E-state index contributed by atoms with van der Waals surface area (Å²) in [6.07, 6.45) is 1.79. The van der Waals surface area contributed by atoms with Crippen LogP contribution in [0, 0.1) is 0 Å². The summed E-state index contributed by atoms with van der Waals surface area (Å²) in [5.41, 5.74) is 10.6. The lowest BCUT2D eigenvalue weighted by atomic mass is 10.0. The van der Waals surface area contributed by atoms with Crippen LogP contribution in [0.2, 0.25) is 5.02 Å². The zero-order valence-corrected chi connectivity index (χ0v) is 18.8. The second-order valence-electron chi connectivity index (χ2n) is 7.29. The van der Waals surface area contributed by atoms with Crippen LogP contribution in [-0.2, 0) is 0 Å². The number of fused-ring (bicyclic) bond motifs is 1. The molecule has 4 aromatic rings. The summed E-state index contributed by atoms with van der Waals surface area (Å²) in [7, 11) is 1.71. The van der Waals surface area contributed by atoms with Gasteiger partial charge in [0, 0.05) is 52.4 Å². The van der Waals surface area contributed by atoms with Gasteiger partial charge in [0.05, 0.1) is 17.7 Å². The number of anilines is 1. The molecule has 0 aliphatic rings. The molecule has 7 heteroatoms. The van der Waals surface area contributed by atoms with E-state index < -0.39 is 0 Å². The molecule has 0 spiro atoms. The molecule has 2 aromatic carbocycles. The summed E-state index contributed by atoms with van der Waals surface area (Å²) in [5.74, 6) is 0.469. The van der Waals surface area contributed by atoms with Crippen molar-refractivity contribution in [3.63, 3.8) is 0 Å². The Kier molecular flexibility index (Phi) is 5.97. The van der Waals surface area contributed by atoms with Gasteiger partial charge in [-0.25, -0.2) is 4.98 Å². The van der Waals surface area contributed by atoms with Crippen LogP contribution in [0.1, 0.15) is 19.4 Å². The molecule has 0 atom stereocenters. The Balaban J connectivity index is 2.04. The zero-order chi connectivity index (χ0) is 22.8. The van der Waals surface area contributed by atoms with Crippen molar-refractivity contribution in [2.24, 2.45) is 4.99 Å². The summed E-state index contributed by atoms with van der Waals surface area (Å²) in [5, 5.41) is 1.40. The fourth-order valence-corrected chi connectivity index (χ4v) is 3.73. The topological polar surface area (TPSA) is 82.5 Å². The van der Waals surface area contributed by atoms with E-state index in [0.29, 0.717) is 40.0 Å². The van der Waals surface area contributed by atoms with Crippen LogP contribution in [0.3, 0.4) is 0 Å². The van der Waals surface area contributed by atoms with E-state index in [-0.39, 0.29) is 5.56 Å². The normalized spacial score (nSPS) is 11.7. The Morgan fingerprint density at radius 2 is 1.91 bits per heavy atom. The molecule has 32 heavy (non-hydrogen) atoms. The predicted molar refractivity (Wildman–Crippen MR) is 132 cm³/mol. The molecule has 0 radical (unpaired) electrons. The Morgan fingerprint density at radius 3 is 2.59 bits per heavy atom. The first kappa shape index (κ1) is 21.6. The smallest absolute Gasteiger partial charge is 0.265 e. The fourth-order valence-electron chi connectivity index (χ4n) is 3.60. The molecule has 0 saturated carbocycles.